The van der Waals surface area contributed by atoms with Gasteiger partial charge in [-0.25, -0.2) is 0 Å². The Kier molecular flexibility index (Phi) is 4.42. The van der Waals surface area contributed by atoms with Crippen molar-refractivity contribution in [3.05, 3.63) is 28.2 Å². The van der Waals surface area contributed by atoms with E-state index in [9.17, 15) is 5.11 Å². The molecule has 0 spiro atoms. The summed E-state index contributed by atoms with van der Waals surface area (Å²) < 4.78 is 6.51. The number of hydrogen-bond donors (Lipinski definition) is 1. The van der Waals surface area contributed by atoms with Crippen LogP contribution in [0.5, 0.6) is 5.75 Å². The second-order valence-corrected chi connectivity index (χ2v) is 4.20. The number of hydrogen-bond acceptors (Lipinski definition) is 2. The van der Waals surface area contributed by atoms with Gasteiger partial charge >= 0.3 is 0 Å². The average molecular weight is 259 g/mol. The fourth-order valence-corrected chi connectivity index (χ4v) is 1.55. The zero-order valence-electron chi connectivity index (χ0n) is 8.46. The summed E-state index contributed by atoms with van der Waals surface area (Å²) in [4.78, 5) is 0. The van der Waals surface area contributed by atoms with E-state index in [1.54, 1.807) is 0 Å². The van der Waals surface area contributed by atoms with Gasteiger partial charge in [0.05, 0.1) is 6.10 Å². The van der Waals surface area contributed by atoms with E-state index >= 15 is 0 Å². The van der Waals surface area contributed by atoms with Crippen LogP contribution in [0, 0.1) is 6.92 Å². The van der Waals surface area contributed by atoms with Crippen LogP contribution in [0.4, 0.5) is 0 Å². The Hall–Kier alpha value is -0.540. The largest absolute Gasteiger partial charge is 0.491 e. The lowest BCUT2D eigenvalue weighted by atomic mass is 10.2. The van der Waals surface area contributed by atoms with Gasteiger partial charge in [-0.3, -0.25) is 0 Å². The minimum atomic E-state index is -0.377. The lowest BCUT2D eigenvalue weighted by Gasteiger charge is -2.12. The number of aryl methyl sites for hydroxylation is 1. The average Bonchev–Trinajstić information content (AvgIpc) is 2.16. The normalized spacial score (nSPS) is 12.6. The van der Waals surface area contributed by atoms with Crippen molar-refractivity contribution in [2.75, 3.05) is 6.61 Å². The number of rotatable bonds is 4. The van der Waals surface area contributed by atoms with Crippen LogP contribution in [0.25, 0.3) is 0 Å². The van der Waals surface area contributed by atoms with E-state index in [1.807, 2.05) is 32.0 Å². The van der Waals surface area contributed by atoms with Gasteiger partial charge in [0.1, 0.15) is 12.4 Å². The van der Waals surface area contributed by atoms with Gasteiger partial charge in [-0.15, -0.1) is 0 Å². The van der Waals surface area contributed by atoms with E-state index in [0.29, 0.717) is 6.61 Å². The standard InChI is InChI=1S/C11H15BrO2/c1-3-10(13)7-14-11-5-4-9(12)6-8(11)2/h4-6,10,13H,3,7H2,1-2H3. The molecule has 3 heteroatoms. The summed E-state index contributed by atoms with van der Waals surface area (Å²) >= 11 is 3.39. The van der Waals surface area contributed by atoms with Crippen LogP contribution in [0.3, 0.4) is 0 Å². The predicted molar refractivity (Wildman–Crippen MR) is 60.7 cm³/mol. The second-order valence-electron chi connectivity index (χ2n) is 3.28. The molecule has 0 heterocycles. The minimum Gasteiger partial charge on any atom is -0.491 e. The third-order valence-electron chi connectivity index (χ3n) is 2.04. The van der Waals surface area contributed by atoms with Crippen molar-refractivity contribution in [3.63, 3.8) is 0 Å². The van der Waals surface area contributed by atoms with E-state index in [-0.39, 0.29) is 6.10 Å². The van der Waals surface area contributed by atoms with Gasteiger partial charge < -0.3 is 9.84 Å². The van der Waals surface area contributed by atoms with Crippen LogP contribution in [-0.4, -0.2) is 17.8 Å². The number of benzene rings is 1. The Labute approximate surface area is 93.0 Å². The molecule has 0 bridgehead atoms. The lowest BCUT2D eigenvalue weighted by molar-refractivity contribution is 0.104. The van der Waals surface area contributed by atoms with Gasteiger partial charge in [-0.2, -0.15) is 0 Å². The van der Waals surface area contributed by atoms with Gasteiger partial charge in [0, 0.05) is 4.47 Å². The molecule has 0 fully saturated rings. The first-order valence-electron chi connectivity index (χ1n) is 4.70. The highest BCUT2D eigenvalue weighted by atomic mass is 79.9. The first-order chi connectivity index (χ1) is 6.63. The van der Waals surface area contributed by atoms with E-state index in [4.69, 9.17) is 4.74 Å². The SMILES string of the molecule is CCC(O)COc1ccc(Br)cc1C. The molecule has 0 amide bonds. The van der Waals surface area contributed by atoms with Gasteiger partial charge in [0.25, 0.3) is 0 Å². The Morgan fingerprint density at radius 2 is 2.21 bits per heavy atom. The highest BCUT2D eigenvalue weighted by Gasteiger charge is 2.04. The van der Waals surface area contributed by atoms with Crippen LogP contribution in [-0.2, 0) is 0 Å². The van der Waals surface area contributed by atoms with Crippen molar-refractivity contribution in [2.24, 2.45) is 0 Å². The van der Waals surface area contributed by atoms with E-state index in [0.717, 1.165) is 22.2 Å². The van der Waals surface area contributed by atoms with Crippen LogP contribution in [0.15, 0.2) is 22.7 Å². The highest BCUT2D eigenvalue weighted by molar-refractivity contribution is 9.10. The number of aliphatic hydroxyl groups is 1. The molecule has 2 nitrogen and oxygen atoms in total. The molecule has 0 aliphatic heterocycles. The summed E-state index contributed by atoms with van der Waals surface area (Å²) in [5.74, 6) is 0.834. The molecule has 1 aromatic carbocycles. The number of aliphatic hydroxyl groups excluding tert-OH is 1. The molecule has 0 aromatic heterocycles. The fourth-order valence-electron chi connectivity index (χ4n) is 1.08. The van der Waals surface area contributed by atoms with Gasteiger partial charge in [0.2, 0.25) is 0 Å². The first kappa shape index (κ1) is 11.5. The molecular weight excluding hydrogens is 244 g/mol. The van der Waals surface area contributed by atoms with Crippen LogP contribution < -0.4 is 4.74 Å². The van der Waals surface area contributed by atoms with Crippen LogP contribution in [0.2, 0.25) is 0 Å². The maximum absolute atomic E-state index is 9.33. The maximum Gasteiger partial charge on any atom is 0.122 e. The van der Waals surface area contributed by atoms with Crippen molar-refractivity contribution in [1.29, 1.82) is 0 Å². The summed E-state index contributed by atoms with van der Waals surface area (Å²) in [5.41, 5.74) is 1.07. The molecule has 0 aliphatic rings. The van der Waals surface area contributed by atoms with Gasteiger partial charge in [0.15, 0.2) is 0 Å². The molecule has 1 aromatic rings. The zero-order valence-corrected chi connectivity index (χ0v) is 10.0. The topological polar surface area (TPSA) is 29.5 Å². The Morgan fingerprint density at radius 1 is 1.50 bits per heavy atom. The third kappa shape index (κ3) is 3.31. The van der Waals surface area contributed by atoms with Gasteiger partial charge in [-0.1, -0.05) is 22.9 Å². The molecule has 0 radical (unpaired) electrons. The van der Waals surface area contributed by atoms with Gasteiger partial charge in [-0.05, 0) is 37.1 Å². The smallest absolute Gasteiger partial charge is 0.122 e. The summed E-state index contributed by atoms with van der Waals surface area (Å²) in [6, 6.07) is 5.83. The maximum atomic E-state index is 9.33. The predicted octanol–water partition coefficient (Wildman–Crippen LogP) is 2.91. The molecule has 1 unspecified atom stereocenters. The Balaban J connectivity index is 2.59. The van der Waals surface area contributed by atoms with Crippen molar-refractivity contribution < 1.29 is 9.84 Å². The second kappa shape index (κ2) is 5.37. The monoisotopic (exact) mass is 258 g/mol. The van der Waals surface area contributed by atoms with E-state index < -0.39 is 0 Å². The fraction of sp³-hybridized carbons (Fsp3) is 0.455. The lowest BCUT2D eigenvalue weighted by Crippen LogP contribution is -2.16. The quantitative estimate of drug-likeness (QED) is 0.900. The van der Waals surface area contributed by atoms with Crippen molar-refractivity contribution >= 4 is 15.9 Å². The number of ether oxygens (including phenoxy) is 1. The summed E-state index contributed by atoms with van der Waals surface area (Å²) in [7, 11) is 0. The zero-order chi connectivity index (χ0) is 10.6. The van der Waals surface area contributed by atoms with Crippen LogP contribution in [0.1, 0.15) is 18.9 Å². The van der Waals surface area contributed by atoms with Crippen molar-refractivity contribution in [1.82, 2.24) is 0 Å². The van der Waals surface area contributed by atoms with Crippen LogP contribution >= 0.6 is 15.9 Å². The minimum absolute atomic E-state index is 0.360. The van der Waals surface area contributed by atoms with Crippen molar-refractivity contribution in [3.8, 4) is 5.75 Å². The molecule has 0 saturated carbocycles. The summed E-state index contributed by atoms with van der Waals surface area (Å²) in [5, 5.41) is 9.33. The molecule has 0 aliphatic carbocycles. The Bertz CT molecular complexity index is 299. The molecular formula is C11H15BrO2. The first-order valence-corrected chi connectivity index (χ1v) is 5.49. The highest BCUT2D eigenvalue weighted by Crippen LogP contribution is 2.22. The summed E-state index contributed by atoms with van der Waals surface area (Å²) in [6.07, 6.45) is 0.341. The molecule has 0 saturated heterocycles. The molecule has 1 rings (SSSR count). The third-order valence-corrected chi connectivity index (χ3v) is 2.53. The molecule has 78 valence electrons. The van der Waals surface area contributed by atoms with E-state index in [1.165, 1.54) is 0 Å². The molecule has 1 N–H and O–H groups in total. The molecule has 14 heavy (non-hydrogen) atoms. The summed E-state index contributed by atoms with van der Waals surface area (Å²) in [6.45, 7) is 4.28. The Morgan fingerprint density at radius 3 is 2.79 bits per heavy atom. The van der Waals surface area contributed by atoms with Crippen molar-refractivity contribution in [2.45, 2.75) is 26.4 Å². The molecule has 1 atom stereocenters. The van der Waals surface area contributed by atoms with E-state index in [2.05, 4.69) is 15.9 Å². The number of halogens is 1.